The molecule has 2 fully saturated rings. The summed E-state index contributed by atoms with van der Waals surface area (Å²) in [6.45, 7) is 4.30. The Bertz CT molecular complexity index is 1330. The fourth-order valence-electron chi connectivity index (χ4n) is 4.59. The fourth-order valence-corrected chi connectivity index (χ4v) is 6.25. The lowest BCUT2D eigenvalue weighted by Gasteiger charge is -2.32. The quantitative estimate of drug-likeness (QED) is 0.277. The number of halogens is 2. The van der Waals surface area contributed by atoms with Gasteiger partial charge in [0.05, 0.1) is 37.7 Å². The van der Waals surface area contributed by atoms with Gasteiger partial charge in [-0.3, -0.25) is 4.79 Å². The average Bonchev–Trinajstić information content (AvgIpc) is 3.42. The number of carbonyl (C=O) groups excluding carboxylic acids is 1. The molecule has 10 heteroatoms. The smallest absolute Gasteiger partial charge is 0.259 e. The van der Waals surface area contributed by atoms with Crippen molar-refractivity contribution >= 4 is 46.5 Å². The summed E-state index contributed by atoms with van der Waals surface area (Å²) in [5, 5.41) is 2.67. The first-order valence-electron chi connectivity index (χ1n) is 12.1. The highest BCUT2D eigenvalue weighted by atomic mass is 32.2. The number of nitrogens with zero attached hydrogens (tertiary/aromatic N) is 3. The van der Waals surface area contributed by atoms with Gasteiger partial charge >= 0.3 is 0 Å². The Kier molecular flexibility index (Phi) is 7.09. The number of benzene rings is 2. The van der Waals surface area contributed by atoms with Crippen molar-refractivity contribution in [3.8, 4) is 0 Å². The molecule has 3 aromatic rings. The molecule has 37 heavy (non-hydrogen) atoms. The molecule has 0 aliphatic carbocycles. The second kappa shape index (κ2) is 10.6. The first-order valence-corrected chi connectivity index (χ1v) is 13.8. The summed E-state index contributed by atoms with van der Waals surface area (Å²) < 4.78 is 40.7. The van der Waals surface area contributed by atoms with E-state index in [2.05, 4.69) is 9.29 Å². The van der Waals surface area contributed by atoms with Crippen LogP contribution in [0.4, 0.5) is 14.5 Å². The molecule has 1 aromatic heterocycles. The van der Waals surface area contributed by atoms with Crippen molar-refractivity contribution in [3.63, 3.8) is 0 Å². The molecule has 0 spiro atoms. The molecule has 0 unspecified atom stereocenters. The predicted octanol–water partition coefficient (Wildman–Crippen LogP) is 5.11. The molecule has 1 amide bonds. The topological polar surface area (TPSA) is 54.9 Å². The lowest BCUT2D eigenvalue weighted by atomic mass is 10.1. The van der Waals surface area contributed by atoms with E-state index in [0.717, 1.165) is 27.2 Å². The van der Waals surface area contributed by atoms with Crippen LogP contribution in [0.3, 0.4) is 0 Å². The number of rotatable bonds is 9. The Labute approximate surface area is 222 Å². The Hall–Kier alpha value is -2.63. The number of amides is 1. The van der Waals surface area contributed by atoms with Gasteiger partial charge in [0.1, 0.15) is 16.6 Å². The Morgan fingerprint density at radius 3 is 2.59 bits per heavy atom. The van der Waals surface area contributed by atoms with E-state index in [1.807, 2.05) is 34.6 Å². The first-order chi connectivity index (χ1) is 18.0. The third-order valence-corrected chi connectivity index (χ3v) is 8.38. The molecule has 3 aliphatic heterocycles. The van der Waals surface area contributed by atoms with E-state index in [0.29, 0.717) is 69.0 Å². The minimum Gasteiger partial charge on any atom is -0.381 e. The molecule has 4 heterocycles. The zero-order valence-corrected chi connectivity index (χ0v) is 21.6. The highest BCUT2D eigenvalue weighted by molar-refractivity contribution is 7.97. The molecular formula is C27H25F2N3O3S2. The summed E-state index contributed by atoms with van der Waals surface area (Å²) in [7, 11) is 0. The van der Waals surface area contributed by atoms with Gasteiger partial charge in [0.2, 0.25) is 0 Å². The van der Waals surface area contributed by atoms with Crippen molar-refractivity contribution in [1.82, 2.24) is 9.29 Å². The summed E-state index contributed by atoms with van der Waals surface area (Å²) >= 11 is 3.00. The molecular weight excluding hydrogens is 516 g/mol. The molecule has 3 aliphatic rings. The van der Waals surface area contributed by atoms with Crippen LogP contribution in [0.1, 0.15) is 16.1 Å². The largest absolute Gasteiger partial charge is 0.381 e. The normalized spacial score (nSPS) is 18.9. The van der Waals surface area contributed by atoms with Crippen molar-refractivity contribution < 1.29 is 23.0 Å². The van der Waals surface area contributed by atoms with Crippen molar-refractivity contribution in [2.45, 2.75) is 11.4 Å². The molecule has 0 bridgehead atoms. The maximum Gasteiger partial charge on any atom is 0.259 e. The van der Waals surface area contributed by atoms with Crippen molar-refractivity contribution in [2.24, 2.45) is 11.8 Å². The second-order valence-corrected chi connectivity index (χ2v) is 11.6. The number of thiazole rings is 1. The monoisotopic (exact) mass is 541 g/mol. The van der Waals surface area contributed by atoms with Crippen molar-refractivity contribution in [1.29, 1.82) is 0 Å². The van der Waals surface area contributed by atoms with E-state index in [1.165, 1.54) is 35.4 Å². The highest BCUT2D eigenvalue weighted by Crippen LogP contribution is 2.42. The Morgan fingerprint density at radius 1 is 1.11 bits per heavy atom. The van der Waals surface area contributed by atoms with Gasteiger partial charge in [0, 0.05) is 65.1 Å². The maximum absolute atomic E-state index is 14.5. The summed E-state index contributed by atoms with van der Waals surface area (Å²) in [5.74, 6) is -0.493. The second-order valence-electron chi connectivity index (χ2n) is 9.48. The van der Waals surface area contributed by atoms with Crippen LogP contribution >= 0.6 is 23.3 Å². The predicted molar refractivity (Wildman–Crippen MR) is 140 cm³/mol. The number of ether oxygens (including phenoxy) is 2. The van der Waals surface area contributed by atoms with E-state index in [-0.39, 0.29) is 5.91 Å². The zero-order chi connectivity index (χ0) is 25.4. The van der Waals surface area contributed by atoms with E-state index < -0.39 is 11.6 Å². The van der Waals surface area contributed by atoms with Crippen LogP contribution in [0.2, 0.25) is 0 Å². The number of fused-ring (bicyclic) bond motifs is 1. The summed E-state index contributed by atoms with van der Waals surface area (Å²) in [6, 6.07) is 9.71. The molecule has 0 N–H and O–H groups in total. The summed E-state index contributed by atoms with van der Waals surface area (Å²) in [4.78, 5) is 20.6. The van der Waals surface area contributed by atoms with Crippen LogP contribution in [0.25, 0.3) is 11.6 Å². The van der Waals surface area contributed by atoms with Gasteiger partial charge in [-0.2, -0.15) is 0 Å². The minimum atomic E-state index is -0.589. The molecule has 0 saturated carbocycles. The van der Waals surface area contributed by atoms with Gasteiger partial charge in [-0.25, -0.2) is 18.1 Å². The average molecular weight is 542 g/mol. The third-order valence-electron chi connectivity index (χ3n) is 6.66. The number of hydrogen-bond acceptors (Lipinski definition) is 7. The van der Waals surface area contributed by atoms with Crippen LogP contribution in [0.5, 0.6) is 0 Å². The van der Waals surface area contributed by atoms with Gasteiger partial charge in [0.25, 0.3) is 5.91 Å². The van der Waals surface area contributed by atoms with Crippen LogP contribution in [0.15, 0.2) is 52.9 Å². The zero-order valence-electron chi connectivity index (χ0n) is 19.9. The van der Waals surface area contributed by atoms with E-state index >= 15 is 0 Å². The first kappa shape index (κ1) is 24.7. The maximum atomic E-state index is 14.5. The van der Waals surface area contributed by atoms with E-state index in [1.54, 1.807) is 6.20 Å². The van der Waals surface area contributed by atoms with Crippen molar-refractivity contribution in [2.75, 3.05) is 44.4 Å². The van der Waals surface area contributed by atoms with Crippen LogP contribution < -0.4 is 4.90 Å². The van der Waals surface area contributed by atoms with Gasteiger partial charge < -0.3 is 14.4 Å². The SMILES string of the molecule is O=C1/C(=C/c2nccs2)c2cc(SN(Cc3ccc(F)cc3F)CC3COC3)ccc2N1CC1COC1. The molecule has 6 rings (SSSR count). The van der Waals surface area contributed by atoms with Crippen molar-refractivity contribution in [3.05, 3.63) is 75.7 Å². The molecule has 2 saturated heterocycles. The van der Waals surface area contributed by atoms with E-state index in [9.17, 15) is 13.6 Å². The lowest BCUT2D eigenvalue weighted by Crippen LogP contribution is -2.40. The molecule has 2 aromatic carbocycles. The van der Waals surface area contributed by atoms with Gasteiger partial charge in [0.15, 0.2) is 0 Å². The summed E-state index contributed by atoms with van der Waals surface area (Å²) in [5.41, 5.74) is 2.80. The Balaban J connectivity index is 1.29. The minimum absolute atomic E-state index is 0.0314. The molecule has 192 valence electrons. The van der Waals surface area contributed by atoms with Gasteiger partial charge in [-0.05, 0) is 42.3 Å². The number of hydrogen-bond donors (Lipinski definition) is 0. The molecule has 0 atom stereocenters. The number of carbonyl (C=O) groups is 1. The number of aromatic nitrogens is 1. The van der Waals surface area contributed by atoms with Crippen LogP contribution in [-0.2, 0) is 20.8 Å². The molecule has 0 radical (unpaired) electrons. The summed E-state index contributed by atoms with van der Waals surface area (Å²) in [6.07, 6.45) is 3.58. The third kappa shape index (κ3) is 5.35. The van der Waals surface area contributed by atoms with E-state index in [4.69, 9.17) is 9.47 Å². The van der Waals surface area contributed by atoms with Crippen LogP contribution in [0, 0.1) is 23.5 Å². The van der Waals surface area contributed by atoms with Gasteiger partial charge in [-0.1, -0.05) is 6.07 Å². The van der Waals surface area contributed by atoms with Crippen LogP contribution in [-0.4, -0.2) is 54.7 Å². The lowest BCUT2D eigenvalue weighted by molar-refractivity contribution is -0.113. The highest BCUT2D eigenvalue weighted by Gasteiger charge is 2.36. The standard InChI is InChI=1S/C27H25F2N3O3S2/c28-20-2-1-19(24(29)7-20)12-31(10-17-13-34-14-17)37-21-3-4-25-22(8-21)23(9-26-30-5-6-36-26)27(33)32(25)11-18-15-35-16-18/h1-9,17-18H,10-16H2/b23-9+. The Morgan fingerprint density at radius 2 is 1.92 bits per heavy atom. The number of anilines is 1. The fraction of sp³-hybridized carbons (Fsp3) is 0.333. The molecule has 6 nitrogen and oxygen atoms in total. The van der Waals surface area contributed by atoms with Gasteiger partial charge in [-0.15, -0.1) is 11.3 Å².